The van der Waals surface area contributed by atoms with E-state index in [1.165, 1.54) is 5.56 Å². The van der Waals surface area contributed by atoms with Crippen LogP contribution in [-0.2, 0) is 6.54 Å². The van der Waals surface area contributed by atoms with Crippen molar-refractivity contribution in [1.82, 2.24) is 4.90 Å². The zero-order valence-corrected chi connectivity index (χ0v) is 14.4. The van der Waals surface area contributed by atoms with Crippen LogP contribution in [0.3, 0.4) is 0 Å². The maximum absolute atomic E-state index is 8.85. The lowest BCUT2D eigenvalue weighted by molar-refractivity contribution is 0.116. The highest BCUT2D eigenvalue weighted by atomic mass is 79.9. The Morgan fingerprint density at radius 1 is 1.30 bits per heavy atom. The SMILES string of the molecule is CC.CC1(CC#N)CCN(Cc2cccc(Br)c2)CC1. The van der Waals surface area contributed by atoms with Crippen molar-refractivity contribution in [3.05, 3.63) is 34.3 Å². The second-order valence-electron chi connectivity index (χ2n) is 5.55. The molecular weight excluding hydrogens is 312 g/mol. The Kier molecular flexibility index (Phi) is 7.26. The lowest BCUT2D eigenvalue weighted by Crippen LogP contribution is -2.38. The van der Waals surface area contributed by atoms with Crippen LogP contribution in [0.1, 0.15) is 45.6 Å². The Balaban J connectivity index is 0.000000956. The number of likely N-dealkylation sites (tertiary alicyclic amines) is 1. The number of benzene rings is 1. The minimum Gasteiger partial charge on any atom is -0.299 e. The molecule has 0 atom stereocenters. The molecule has 1 fully saturated rings. The Labute approximate surface area is 131 Å². The van der Waals surface area contributed by atoms with E-state index >= 15 is 0 Å². The van der Waals surface area contributed by atoms with E-state index in [2.05, 4.69) is 58.1 Å². The molecular formula is C17H25BrN2. The lowest BCUT2D eigenvalue weighted by atomic mass is 9.78. The van der Waals surface area contributed by atoms with Crippen LogP contribution in [0.25, 0.3) is 0 Å². The molecule has 110 valence electrons. The molecule has 1 aromatic rings. The number of piperidine rings is 1. The van der Waals surface area contributed by atoms with Crippen LogP contribution in [0.5, 0.6) is 0 Å². The van der Waals surface area contributed by atoms with E-state index < -0.39 is 0 Å². The fraction of sp³-hybridized carbons (Fsp3) is 0.588. The van der Waals surface area contributed by atoms with Gasteiger partial charge in [-0.1, -0.05) is 48.8 Å². The Morgan fingerprint density at radius 2 is 1.95 bits per heavy atom. The summed E-state index contributed by atoms with van der Waals surface area (Å²) in [5, 5.41) is 8.85. The number of nitrogens with zero attached hydrogens (tertiary/aromatic N) is 2. The number of nitriles is 1. The van der Waals surface area contributed by atoms with Gasteiger partial charge >= 0.3 is 0 Å². The molecule has 0 aliphatic carbocycles. The van der Waals surface area contributed by atoms with E-state index in [-0.39, 0.29) is 5.41 Å². The van der Waals surface area contributed by atoms with Crippen LogP contribution >= 0.6 is 15.9 Å². The molecule has 0 aromatic heterocycles. The number of rotatable bonds is 3. The quantitative estimate of drug-likeness (QED) is 0.777. The summed E-state index contributed by atoms with van der Waals surface area (Å²) in [7, 11) is 0. The van der Waals surface area contributed by atoms with Crippen molar-refractivity contribution in [3.8, 4) is 6.07 Å². The minimum atomic E-state index is 0.239. The van der Waals surface area contributed by atoms with E-state index in [1.54, 1.807) is 0 Å². The second-order valence-corrected chi connectivity index (χ2v) is 6.47. The fourth-order valence-corrected chi connectivity index (χ4v) is 2.96. The van der Waals surface area contributed by atoms with Crippen molar-refractivity contribution in [2.45, 2.75) is 46.6 Å². The number of hydrogen-bond acceptors (Lipinski definition) is 2. The summed E-state index contributed by atoms with van der Waals surface area (Å²) in [6, 6.07) is 10.8. The van der Waals surface area contributed by atoms with Crippen LogP contribution in [0, 0.1) is 16.7 Å². The van der Waals surface area contributed by atoms with Crippen LogP contribution in [0.4, 0.5) is 0 Å². The van der Waals surface area contributed by atoms with Gasteiger partial charge in [0.05, 0.1) is 6.07 Å². The summed E-state index contributed by atoms with van der Waals surface area (Å²) < 4.78 is 1.14. The van der Waals surface area contributed by atoms with Gasteiger partial charge in [-0.05, 0) is 49.0 Å². The molecule has 3 heteroatoms. The van der Waals surface area contributed by atoms with Gasteiger partial charge in [-0.2, -0.15) is 5.26 Å². The summed E-state index contributed by atoms with van der Waals surface area (Å²) >= 11 is 3.51. The van der Waals surface area contributed by atoms with Gasteiger partial charge in [-0.15, -0.1) is 0 Å². The zero-order chi connectivity index (χ0) is 15.0. The van der Waals surface area contributed by atoms with E-state index in [4.69, 9.17) is 5.26 Å². The van der Waals surface area contributed by atoms with E-state index in [1.807, 2.05) is 13.8 Å². The molecule has 0 unspecified atom stereocenters. The van der Waals surface area contributed by atoms with Crippen molar-refractivity contribution >= 4 is 15.9 Å². The van der Waals surface area contributed by atoms with E-state index in [0.717, 1.165) is 36.9 Å². The van der Waals surface area contributed by atoms with Crippen molar-refractivity contribution in [2.24, 2.45) is 5.41 Å². The molecule has 0 amide bonds. The first-order chi connectivity index (χ1) is 9.61. The van der Waals surface area contributed by atoms with Crippen molar-refractivity contribution in [2.75, 3.05) is 13.1 Å². The van der Waals surface area contributed by atoms with Crippen LogP contribution in [-0.4, -0.2) is 18.0 Å². The summed E-state index contributed by atoms with van der Waals surface area (Å²) in [5.41, 5.74) is 1.59. The number of hydrogen-bond donors (Lipinski definition) is 0. The molecule has 1 aliphatic rings. The predicted molar refractivity (Wildman–Crippen MR) is 88.3 cm³/mol. The smallest absolute Gasteiger partial charge is 0.0627 e. The first kappa shape index (κ1) is 17.2. The van der Waals surface area contributed by atoms with E-state index in [0.29, 0.717) is 6.42 Å². The third-order valence-electron chi connectivity index (χ3n) is 3.86. The Bertz CT molecular complexity index is 443. The van der Waals surface area contributed by atoms with Crippen LogP contribution in [0.15, 0.2) is 28.7 Å². The summed E-state index contributed by atoms with van der Waals surface area (Å²) in [6.07, 6.45) is 2.96. The molecule has 0 saturated carbocycles. The molecule has 1 aromatic carbocycles. The number of halogens is 1. The van der Waals surface area contributed by atoms with Gasteiger partial charge < -0.3 is 0 Å². The molecule has 0 spiro atoms. The average Bonchev–Trinajstić information content (AvgIpc) is 2.44. The van der Waals surface area contributed by atoms with Gasteiger partial charge in [-0.3, -0.25) is 4.90 Å². The van der Waals surface area contributed by atoms with Gasteiger partial charge in [0, 0.05) is 17.4 Å². The topological polar surface area (TPSA) is 27.0 Å². The molecule has 1 heterocycles. The summed E-state index contributed by atoms with van der Waals surface area (Å²) in [5.74, 6) is 0. The van der Waals surface area contributed by atoms with Crippen molar-refractivity contribution < 1.29 is 0 Å². The molecule has 0 radical (unpaired) electrons. The molecule has 1 aliphatic heterocycles. The highest BCUT2D eigenvalue weighted by Crippen LogP contribution is 2.34. The first-order valence-electron chi connectivity index (χ1n) is 7.45. The maximum Gasteiger partial charge on any atom is 0.0627 e. The first-order valence-corrected chi connectivity index (χ1v) is 8.24. The minimum absolute atomic E-state index is 0.239. The highest BCUT2D eigenvalue weighted by molar-refractivity contribution is 9.10. The Morgan fingerprint density at radius 3 is 2.50 bits per heavy atom. The molecule has 1 saturated heterocycles. The van der Waals surface area contributed by atoms with Crippen molar-refractivity contribution in [1.29, 1.82) is 5.26 Å². The molecule has 0 bridgehead atoms. The zero-order valence-electron chi connectivity index (χ0n) is 12.8. The molecule has 0 N–H and O–H groups in total. The monoisotopic (exact) mass is 336 g/mol. The molecule has 20 heavy (non-hydrogen) atoms. The third kappa shape index (κ3) is 5.26. The second kappa shape index (κ2) is 8.44. The third-order valence-corrected chi connectivity index (χ3v) is 4.36. The van der Waals surface area contributed by atoms with Gasteiger partial charge in [0.2, 0.25) is 0 Å². The van der Waals surface area contributed by atoms with Crippen LogP contribution in [0.2, 0.25) is 0 Å². The van der Waals surface area contributed by atoms with Gasteiger partial charge in [0.25, 0.3) is 0 Å². The van der Waals surface area contributed by atoms with Gasteiger partial charge in [0.15, 0.2) is 0 Å². The molecule has 2 rings (SSSR count). The predicted octanol–water partition coefficient (Wildman–Crippen LogP) is 4.99. The Hall–Kier alpha value is -0.850. The van der Waals surface area contributed by atoms with Gasteiger partial charge in [-0.25, -0.2) is 0 Å². The largest absolute Gasteiger partial charge is 0.299 e. The summed E-state index contributed by atoms with van der Waals surface area (Å²) in [6.45, 7) is 9.46. The standard InChI is InChI=1S/C15H19BrN2.C2H6/c1-15(5-8-17)6-9-18(10-7-15)12-13-3-2-4-14(16)11-13;1-2/h2-4,11H,5-7,9-10,12H2,1H3;1-2H3. The normalized spacial score (nSPS) is 17.8. The average molecular weight is 337 g/mol. The van der Waals surface area contributed by atoms with E-state index in [9.17, 15) is 0 Å². The highest BCUT2D eigenvalue weighted by Gasteiger charge is 2.29. The summed E-state index contributed by atoms with van der Waals surface area (Å²) in [4.78, 5) is 2.49. The van der Waals surface area contributed by atoms with Crippen LogP contribution < -0.4 is 0 Å². The van der Waals surface area contributed by atoms with Crippen molar-refractivity contribution in [3.63, 3.8) is 0 Å². The molecule has 2 nitrogen and oxygen atoms in total. The maximum atomic E-state index is 8.85. The fourth-order valence-electron chi connectivity index (χ4n) is 2.51. The van der Waals surface area contributed by atoms with Gasteiger partial charge in [0.1, 0.15) is 0 Å². The lowest BCUT2D eigenvalue weighted by Gasteiger charge is -2.38.